The van der Waals surface area contributed by atoms with Crippen molar-refractivity contribution in [1.82, 2.24) is 14.5 Å². The molecule has 1 saturated carbocycles. The van der Waals surface area contributed by atoms with E-state index in [-0.39, 0.29) is 5.56 Å². The average molecular weight is 376 g/mol. The lowest BCUT2D eigenvalue weighted by Crippen LogP contribution is -2.31. The molecule has 5 atom stereocenters. The smallest absolute Gasteiger partial charge is 0.260 e. The summed E-state index contributed by atoms with van der Waals surface area (Å²) in [6.07, 6.45) is 0.178. The molecule has 1 fully saturated rings. The third kappa shape index (κ3) is 2.73. The van der Waals surface area contributed by atoms with Crippen molar-refractivity contribution < 1.29 is 15.3 Å². The molecule has 2 heterocycles. The number of aromatic amines is 1. The molecule has 1 aliphatic rings. The predicted molar refractivity (Wildman–Crippen MR) is 95.9 cm³/mol. The second-order valence-corrected chi connectivity index (χ2v) is 7.07. The van der Waals surface area contributed by atoms with Crippen LogP contribution >= 0.6 is 11.6 Å². The van der Waals surface area contributed by atoms with Crippen molar-refractivity contribution in [3.05, 3.63) is 63.8 Å². The van der Waals surface area contributed by atoms with E-state index in [1.807, 2.05) is 0 Å². The Kier molecular flexibility index (Phi) is 4.32. The molecule has 4 N–H and O–H groups in total. The van der Waals surface area contributed by atoms with E-state index in [0.29, 0.717) is 28.0 Å². The van der Waals surface area contributed by atoms with Crippen molar-refractivity contribution in [2.75, 3.05) is 0 Å². The Hall–Kier alpha value is -2.19. The Morgan fingerprint density at radius 2 is 1.92 bits per heavy atom. The molecule has 0 amide bonds. The van der Waals surface area contributed by atoms with Crippen LogP contribution in [0.1, 0.15) is 24.1 Å². The molecule has 3 aromatic rings. The fraction of sp³-hybridized carbons (Fsp3) is 0.333. The first kappa shape index (κ1) is 17.2. The van der Waals surface area contributed by atoms with Crippen molar-refractivity contribution in [1.29, 1.82) is 0 Å². The van der Waals surface area contributed by atoms with Gasteiger partial charge in [-0.05, 0) is 30.2 Å². The van der Waals surface area contributed by atoms with Gasteiger partial charge in [0, 0.05) is 17.1 Å². The highest BCUT2D eigenvalue weighted by Gasteiger charge is 2.46. The van der Waals surface area contributed by atoms with Crippen LogP contribution in [0.4, 0.5) is 0 Å². The van der Waals surface area contributed by atoms with Gasteiger partial charge < -0.3 is 24.9 Å². The van der Waals surface area contributed by atoms with Gasteiger partial charge in [-0.2, -0.15) is 0 Å². The number of H-pyrrole nitrogens is 1. The molecular weight excluding hydrogens is 358 g/mol. The maximum Gasteiger partial charge on any atom is 0.260 e. The van der Waals surface area contributed by atoms with Crippen LogP contribution in [0.15, 0.2) is 47.7 Å². The van der Waals surface area contributed by atoms with E-state index in [1.54, 1.807) is 41.1 Å². The van der Waals surface area contributed by atoms with E-state index >= 15 is 0 Å². The Balaban J connectivity index is 1.66. The first-order valence-corrected chi connectivity index (χ1v) is 8.69. The quantitative estimate of drug-likeness (QED) is 0.553. The number of aromatic nitrogens is 3. The Morgan fingerprint density at radius 3 is 2.65 bits per heavy atom. The predicted octanol–water partition coefficient (Wildman–Crippen LogP) is 1.39. The zero-order valence-electron chi connectivity index (χ0n) is 13.7. The minimum atomic E-state index is -1.11. The summed E-state index contributed by atoms with van der Waals surface area (Å²) in [6.45, 7) is 0. The lowest BCUT2D eigenvalue weighted by Gasteiger charge is -2.22. The van der Waals surface area contributed by atoms with Gasteiger partial charge >= 0.3 is 0 Å². The molecule has 8 heteroatoms. The molecule has 0 radical (unpaired) electrons. The highest BCUT2D eigenvalue weighted by atomic mass is 35.5. The third-order valence-electron chi connectivity index (χ3n) is 5.19. The number of aliphatic hydroxyl groups excluding tert-OH is 3. The summed E-state index contributed by atoms with van der Waals surface area (Å²) in [5.74, 6) is -0.560. The van der Waals surface area contributed by atoms with Gasteiger partial charge in [-0.15, -0.1) is 0 Å². The summed E-state index contributed by atoms with van der Waals surface area (Å²) >= 11 is 5.88. The molecule has 26 heavy (non-hydrogen) atoms. The number of nitrogens with zero attached hydrogens (tertiary/aromatic N) is 2. The van der Waals surface area contributed by atoms with Crippen LogP contribution < -0.4 is 5.56 Å². The zero-order valence-corrected chi connectivity index (χ0v) is 14.4. The number of fused-ring (bicyclic) bond motifs is 1. The molecule has 4 rings (SSSR count). The molecule has 1 aliphatic carbocycles. The Bertz CT molecular complexity index is 984. The van der Waals surface area contributed by atoms with E-state index in [9.17, 15) is 20.1 Å². The van der Waals surface area contributed by atoms with E-state index < -0.39 is 30.3 Å². The topological polar surface area (TPSA) is 111 Å². The number of hydrogen-bond acceptors (Lipinski definition) is 5. The molecule has 136 valence electrons. The van der Waals surface area contributed by atoms with E-state index in [2.05, 4.69) is 9.97 Å². The van der Waals surface area contributed by atoms with Gasteiger partial charge in [-0.25, -0.2) is 4.98 Å². The Labute approximate surface area is 153 Å². The number of benzene rings is 1. The van der Waals surface area contributed by atoms with Crippen LogP contribution in [0.3, 0.4) is 0 Å². The first-order valence-electron chi connectivity index (χ1n) is 8.31. The van der Waals surface area contributed by atoms with Crippen LogP contribution in [0.25, 0.3) is 11.0 Å². The average Bonchev–Trinajstić information content (AvgIpc) is 3.18. The highest BCUT2D eigenvalue weighted by molar-refractivity contribution is 6.30. The van der Waals surface area contributed by atoms with Crippen molar-refractivity contribution in [3.63, 3.8) is 0 Å². The molecule has 0 aliphatic heterocycles. The minimum Gasteiger partial charge on any atom is -0.390 e. The second-order valence-electron chi connectivity index (χ2n) is 6.64. The summed E-state index contributed by atoms with van der Waals surface area (Å²) in [6, 6.07) is 7.87. The summed E-state index contributed by atoms with van der Waals surface area (Å²) < 4.78 is 1.69. The normalized spacial score (nSPS) is 27.1. The van der Waals surface area contributed by atoms with Gasteiger partial charge in [-0.1, -0.05) is 23.7 Å². The van der Waals surface area contributed by atoms with Crippen molar-refractivity contribution in [2.45, 2.75) is 30.8 Å². The SMILES string of the molecule is O=c1[nH]cnc2c1ccn2[C@@H]1C[C@H](C(O)c2ccc(Cl)cc2)[C@@H](O)[C@H]1O. The maximum absolute atomic E-state index is 11.9. The highest BCUT2D eigenvalue weighted by Crippen LogP contribution is 2.42. The van der Waals surface area contributed by atoms with Gasteiger partial charge in [0.25, 0.3) is 5.56 Å². The molecule has 2 aromatic heterocycles. The van der Waals surface area contributed by atoms with Crippen LogP contribution in [0.2, 0.25) is 5.02 Å². The number of rotatable bonds is 3. The molecule has 7 nitrogen and oxygen atoms in total. The van der Waals surface area contributed by atoms with Gasteiger partial charge in [0.2, 0.25) is 0 Å². The number of hydrogen-bond donors (Lipinski definition) is 4. The number of nitrogens with one attached hydrogen (secondary N) is 1. The van der Waals surface area contributed by atoms with Gasteiger partial charge in [0.15, 0.2) is 0 Å². The second kappa shape index (κ2) is 6.51. The largest absolute Gasteiger partial charge is 0.390 e. The van der Waals surface area contributed by atoms with Crippen LogP contribution in [0.5, 0.6) is 0 Å². The van der Waals surface area contributed by atoms with Crippen molar-refractivity contribution in [3.8, 4) is 0 Å². The van der Waals surface area contributed by atoms with Crippen molar-refractivity contribution >= 4 is 22.6 Å². The van der Waals surface area contributed by atoms with Gasteiger partial charge in [0.05, 0.1) is 30.0 Å². The molecular formula is C18H18ClN3O4. The van der Waals surface area contributed by atoms with Crippen LogP contribution in [0, 0.1) is 5.92 Å². The summed E-state index contributed by atoms with van der Waals surface area (Å²) in [4.78, 5) is 18.6. The van der Waals surface area contributed by atoms with Crippen LogP contribution in [-0.2, 0) is 0 Å². The molecule has 0 saturated heterocycles. The lowest BCUT2D eigenvalue weighted by molar-refractivity contribution is -0.0264. The monoisotopic (exact) mass is 375 g/mol. The maximum atomic E-state index is 11.9. The first-order chi connectivity index (χ1) is 12.5. The minimum absolute atomic E-state index is 0.264. The fourth-order valence-electron chi connectivity index (χ4n) is 3.79. The number of halogens is 1. The van der Waals surface area contributed by atoms with Gasteiger partial charge in [0.1, 0.15) is 11.8 Å². The number of aliphatic hydroxyl groups is 3. The van der Waals surface area contributed by atoms with E-state index in [0.717, 1.165) is 0 Å². The zero-order chi connectivity index (χ0) is 18.4. The Morgan fingerprint density at radius 1 is 1.19 bits per heavy atom. The van der Waals surface area contributed by atoms with Crippen LogP contribution in [-0.4, -0.2) is 42.1 Å². The third-order valence-corrected chi connectivity index (χ3v) is 5.44. The molecule has 1 aromatic carbocycles. The molecule has 1 unspecified atom stereocenters. The van der Waals surface area contributed by atoms with Gasteiger partial charge in [-0.3, -0.25) is 4.79 Å². The fourth-order valence-corrected chi connectivity index (χ4v) is 3.92. The lowest BCUT2D eigenvalue weighted by atomic mass is 9.92. The molecule has 0 bridgehead atoms. The standard InChI is InChI=1S/C18H18ClN3O4/c19-10-3-1-9(2-4-10)14(23)12-7-13(16(25)15(12)24)22-6-5-11-17(22)20-8-21-18(11)26/h1-6,8,12-16,23-25H,7H2,(H,20,21,26)/t12-,13-,14?,15-,16+/m1/s1. The summed E-state index contributed by atoms with van der Waals surface area (Å²) in [5.41, 5.74) is 0.796. The van der Waals surface area contributed by atoms with E-state index in [1.165, 1.54) is 6.33 Å². The summed E-state index contributed by atoms with van der Waals surface area (Å²) in [5, 5.41) is 32.7. The van der Waals surface area contributed by atoms with Crippen molar-refractivity contribution in [2.24, 2.45) is 5.92 Å². The molecule has 0 spiro atoms. The summed E-state index contributed by atoms with van der Waals surface area (Å²) in [7, 11) is 0. The van der Waals surface area contributed by atoms with E-state index in [4.69, 9.17) is 11.6 Å².